The zero-order valence-electron chi connectivity index (χ0n) is 7.39. The van der Waals surface area contributed by atoms with E-state index in [-0.39, 0.29) is 10.3 Å². The van der Waals surface area contributed by atoms with Gasteiger partial charge in [-0.15, -0.1) is 13.2 Å². The summed E-state index contributed by atoms with van der Waals surface area (Å²) in [4.78, 5) is 3.61. The third kappa shape index (κ3) is 3.09. The molecule has 15 heavy (non-hydrogen) atoms. The molecule has 0 unspecified atom stereocenters. The van der Waals surface area contributed by atoms with Gasteiger partial charge in [-0.25, -0.2) is 4.98 Å². The molecule has 0 atom stereocenters. The Morgan fingerprint density at radius 3 is 2.60 bits per heavy atom. The summed E-state index contributed by atoms with van der Waals surface area (Å²) in [7, 11) is 0. The fraction of sp³-hybridized carbons (Fsp3) is 0.250. The highest BCUT2D eigenvalue weighted by Crippen LogP contribution is 2.30. The Hall–Kier alpha value is -1.29. The lowest BCUT2D eigenvalue weighted by Crippen LogP contribution is -2.18. The van der Waals surface area contributed by atoms with Gasteiger partial charge in [-0.3, -0.25) is 0 Å². The predicted molar refractivity (Wildman–Crippen MR) is 48.1 cm³/mol. The first-order valence-corrected chi connectivity index (χ1v) is 4.46. The third-order valence-corrected chi connectivity index (χ3v) is 2.03. The summed E-state index contributed by atoms with van der Waals surface area (Å²) in [5.41, 5.74) is 0.372. The van der Waals surface area contributed by atoms with E-state index < -0.39 is 12.1 Å². The third-order valence-electron chi connectivity index (χ3n) is 1.47. The molecule has 0 saturated heterocycles. The second-order valence-corrected chi connectivity index (χ2v) is 3.35. The average molecular weight is 281 g/mol. The van der Waals surface area contributed by atoms with Gasteiger partial charge in [0.1, 0.15) is 16.4 Å². The number of hydrogen-bond acceptors (Lipinski definition) is 3. The molecule has 0 saturated carbocycles. The summed E-state index contributed by atoms with van der Waals surface area (Å²) in [6.07, 6.45) is -4.77. The molecule has 0 radical (unpaired) electrons. The monoisotopic (exact) mass is 280 g/mol. The minimum Gasteiger partial charge on any atom is -0.403 e. The van der Waals surface area contributed by atoms with E-state index in [1.165, 1.54) is 6.92 Å². The largest absolute Gasteiger partial charge is 0.573 e. The van der Waals surface area contributed by atoms with Gasteiger partial charge >= 0.3 is 6.36 Å². The average Bonchev–Trinajstić information content (AvgIpc) is 2.08. The quantitative estimate of drug-likeness (QED) is 0.743. The SMILES string of the molecule is Cc1cc(OC(F)(F)F)c(Br)nc1C#N. The molecule has 0 fully saturated rings. The number of ether oxygens (including phenoxy) is 1. The van der Waals surface area contributed by atoms with Crippen molar-refractivity contribution in [3.63, 3.8) is 0 Å². The first-order chi connectivity index (χ1) is 6.83. The van der Waals surface area contributed by atoms with Gasteiger partial charge in [-0.1, -0.05) is 0 Å². The van der Waals surface area contributed by atoms with E-state index in [9.17, 15) is 13.2 Å². The first-order valence-electron chi connectivity index (χ1n) is 3.66. The Labute approximate surface area is 91.6 Å². The van der Waals surface area contributed by atoms with Crippen molar-refractivity contribution in [1.29, 1.82) is 5.26 Å². The molecule has 80 valence electrons. The number of alkyl halides is 3. The van der Waals surface area contributed by atoms with E-state index in [1.54, 1.807) is 6.07 Å². The highest BCUT2D eigenvalue weighted by atomic mass is 79.9. The van der Waals surface area contributed by atoms with Crippen LogP contribution in [0.25, 0.3) is 0 Å². The Bertz CT molecular complexity index is 425. The zero-order chi connectivity index (χ0) is 11.6. The van der Waals surface area contributed by atoms with Crippen LogP contribution in [0.5, 0.6) is 5.75 Å². The molecule has 0 N–H and O–H groups in total. The molecule has 0 amide bonds. The van der Waals surface area contributed by atoms with Crippen LogP contribution in [0.15, 0.2) is 10.7 Å². The lowest BCUT2D eigenvalue weighted by atomic mass is 10.2. The minimum atomic E-state index is -4.77. The van der Waals surface area contributed by atoms with Crippen molar-refractivity contribution in [2.75, 3.05) is 0 Å². The molecule has 3 nitrogen and oxygen atoms in total. The minimum absolute atomic E-state index is 0.0522. The maximum absolute atomic E-state index is 11.9. The van der Waals surface area contributed by atoms with Crippen LogP contribution in [0.2, 0.25) is 0 Å². The molecule has 0 aromatic carbocycles. The van der Waals surface area contributed by atoms with E-state index in [4.69, 9.17) is 5.26 Å². The molecular formula is C8H4BrF3N2O. The number of rotatable bonds is 1. The Morgan fingerprint density at radius 1 is 1.53 bits per heavy atom. The Balaban J connectivity index is 3.13. The molecular weight excluding hydrogens is 277 g/mol. The van der Waals surface area contributed by atoms with Crippen molar-refractivity contribution >= 4 is 15.9 Å². The summed E-state index contributed by atoms with van der Waals surface area (Å²) in [6, 6.07) is 2.85. The second kappa shape index (κ2) is 4.06. The predicted octanol–water partition coefficient (Wildman–Crippen LogP) is 2.92. The van der Waals surface area contributed by atoms with Gasteiger partial charge in [-0.2, -0.15) is 5.26 Å². The smallest absolute Gasteiger partial charge is 0.403 e. The number of halogens is 4. The topological polar surface area (TPSA) is 45.9 Å². The van der Waals surface area contributed by atoms with Crippen LogP contribution in [0, 0.1) is 18.3 Å². The van der Waals surface area contributed by atoms with E-state index in [0.717, 1.165) is 6.07 Å². The molecule has 0 bridgehead atoms. The molecule has 1 heterocycles. The highest BCUT2D eigenvalue weighted by molar-refractivity contribution is 9.10. The van der Waals surface area contributed by atoms with Crippen LogP contribution in [0.3, 0.4) is 0 Å². The highest BCUT2D eigenvalue weighted by Gasteiger charge is 2.32. The van der Waals surface area contributed by atoms with E-state index in [2.05, 4.69) is 25.7 Å². The normalized spacial score (nSPS) is 10.9. The van der Waals surface area contributed by atoms with Crippen LogP contribution in [0.4, 0.5) is 13.2 Å². The molecule has 0 aliphatic carbocycles. The van der Waals surface area contributed by atoms with Crippen molar-refractivity contribution in [1.82, 2.24) is 4.98 Å². The van der Waals surface area contributed by atoms with Crippen LogP contribution >= 0.6 is 15.9 Å². The standard InChI is InChI=1S/C8H4BrF3N2O/c1-4-2-6(15-8(10,11)12)7(9)14-5(4)3-13/h2H,1H3. The summed E-state index contributed by atoms with van der Waals surface area (Å²) in [6.45, 7) is 1.47. The Kier molecular flexibility index (Phi) is 3.19. The Morgan fingerprint density at radius 2 is 2.13 bits per heavy atom. The van der Waals surface area contributed by atoms with Gasteiger partial charge in [0.25, 0.3) is 0 Å². The van der Waals surface area contributed by atoms with Gasteiger partial charge in [0, 0.05) is 0 Å². The van der Waals surface area contributed by atoms with Crippen LogP contribution in [-0.2, 0) is 0 Å². The van der Waals surface area contributed by atoms with Gasteiger partial charge in [-0.05, 0) is 34.5 Å². The number of aromatic nitrogens is 1. The summed E-state index contributed by atoms with van der Waals surface area (Å²) in [5.74, 6) is -0.459. The molecule has 1 aromatic heterocycles. The van der Waals surface area contributed by atoms with Gasteiger partial charge in [0.05, 0.1) is 0 Å². The van der Waals surface area contributed by atoms with Gasteiger partial charge in [0.15, 0.2) is 5.75 Å². The van der Waals surface area contributed by atoms with Crippen molar-refractivity contribution < 1.29 is 17.9 Å². The first kappa shape index (κ1) is 11.8. The van der Waals surface area contributed by atoms with Gasteiger partial charge in [0.2, 0.25) is 0 Å². The molecule has 1 rings (SSSR count). The number of pyridine rings is 1. The molecule has 7 heteroatoms. The number of nitrogens with zero attached hydrogens (tertiary/aromatic N) is 2. The molecule has 0 spiro atoms. The van der Waals surface area contributed by atoms with Crippen LogP contribution in [-0.4, -0.2) is 11.3 Å². The summed E-state index contributed by atoms with van der Waals surface area (Å²) < 4.78 is 39.2. The van der Waals surface area contributed by atoms with Crippen molar-refractivity contribution in [3.05, 3.63) is 21.9 Å². The molecule has 0 aliphatic rings. The zero-order valence-corrected chi connectivity index (χ0v) is 8.98. The number of nitriles is 1. The van der Waals surface area contributed by atoms with Crippen LogP contribution < -0.4 is 4.74 Å². The molecule has 0 aliphatic heterocycles. The number of aryl methyl sites for hydroxylation is 1. The second-order valence-electron chi connectivity index (χ2n) is 2.60. The lowest BCUT2D eigenvalue weighted by Gasteiger charge is -2.10. The lowest BCUT2D eigenvalue weighted by molar-refractivity contribution is -0.275. The van der Waals surface area contributed by atoms with E-state index >= 15 is 0 Å². The van der Waals surface area contributed by atoms with Gasteiger partial charge < -0.3 is 4.74 Å². The van der Waals surface area contributed by atoms with E-state index in [1.807, 2.05) is 0 Å². The van der Waals surface area contributed by atoms with Crippen molar-refractivity contribution in [3.8, 4) is 11.8 Å². The van der Waals surface area contributed by atoms with Crippen molar-refractivity contribution in [2.24, 2.45) is 0 Å². The number of hydrogen-bond donors (Lipinski definition) is 0. The maximum Gasteiger partial charge on any atom is 0.573 e. The molecule has 1 aromatic rings. The van der Waals surface area contributed by atoms with Crippen LogP contribution in [0.1, 0.15) is 11.3 Å². The van der Waals surface area contributed by atoms with Crippen molar-refractivity contribution in [2.45, 2.75) is 13.3 Å². The fourth-order valence-corrected chi connectivity index (χ4v) is 1.25. The fourth-order valence-electron chi connectivity index (χ4n) is 0.875. The van der Waals surface area contributed by atoms with E-state index in [0.29, 0.717) is 5.56 Å². The summed E-state index contributed by atoms with van der Waals surface area (Å²) >= 11 is 2.79. The maximum atomic E-state index is 11.9. The summed E-state index contributed by atoms with van der Waals surface area (Å²) in [5, 5.41) is 8.57.